The summed E-state index contributed by atoms with van der Waals surface area (Å²) in [5.41, 5.74) is 1.38. The van der Waals surface area contributed by atoms with Crippen LogP contribution in [0.25, 0.3) is 10.4 Å². The van der Waals surface area contributed by atoms with Crippen LogP contribution >= 0.6 is 11.3 Å². The lowest BCUT2D eigenvalue weighted by atomic mass is 9.84. The van der Waals surface area contributed by atoms with Gasteiger partial charge in [0.1, 0.15) is 17.6 Å². The Kier molecular flexibility index (Phi) is 10.0. The van der Waals surface area contributed by atoms with Crippen LogP contribution in [0.5, 0.6) is 5.75 Å². The molecule has 1 atom stereocenters. The molecule has 6 nitrogen and oxygen atoms in total. The Bertz CT molecular complexity index is 1260. The maximum absolute atomic E-state index is 13.3. The third-order valence-corrected chi connectivity index (χ3v) is 7.85. The van der Waals surface area contributed by atoms with Crippen LogP contribution in [0, 0.1) is 11.7 Å². The van der Waals surface area contributed by atoms with E-state index in [0.29, 0.717) is 29.4 Å². The molecule has 3 aromatic rings. The number of nitrogens with one attached hydrogen (secondary N) is 3. The van der Waals surface area contributed by atoms with Gasteiger partial charge in [0.25, 0.3) is 5.91 Å². The highest BCUT2D eigenvalue weighted by Gasteiger charge is 2.31. The first kappa shape index (κ1) is 29.4. The van der Waals surface area contributed by atoms with E-state index in [1.54, 1.807) is 24.3 Å². The number of hydrogen-bond donors (Lipinski definition) is 3. The molecule has 1 aliphatic carbocycles. The van der Waals surface area contributed by atoms with Crippen LogP contribution in [0.3, 0.4) is 0 Å². The zero-order valence-corrected chi connectivity index (χ0v) is 22.5. The van der Waals surface area contributed by atoms with Gasteiger partial charge in [0.15, 0.2) is 0 Å². The van der Waals surface area contributed by atoms with Crippen LogP contribution in [0.15, 0.2) is 60.7 Å². The summed E-state index contributed by atoms with van der Waals surface area (Å²) in [6.07, 6.45) is 1.21. The van der Waals surface area contributed by atoms with E-state index < -0.39 is 12.4 Å². The van der Waals surface area contributed by atoms with Crippen LogP contribution in [-0.2, 0) is 4.79 Å². The first-order valence-corrected chi connectivity index (χ1v) is 14.0. The number of carbonyl (C=O) groups is 2. The Labute approximate surface area is 234 Å². The minimum Gasteiger partial charge on any atom is -0.406 e. The number of amides is 2. The predicted octanol–water partition coefficient (Wildman–Crippen LogP) is 6.75. The lowest BCUT2D eigenvalue weighted by Crippen LogP contribution is -2.48. The van der Waals surface area contributed by atoms with E-state index in [1.165, 1.54) is 54.2 Å². The molecule has 214 valence electrons. The summed E-state index contributed by atoms with van der Waals surface area (Å²) in [5.74, 6) is -0.932. The average Bonchev–Trinajstić information content (AvgIpc) is 3.42. The Balaban J connectivity index is 1.32. The molecule has 1 aliphatic rings. The van der Waals surface area contributed by atoms with E-state index in [0.717, 1.165) is 36.1 Å². The molecule has 0 saturated heterocycles. The second-order valence-electron chi connectivity index (χ2n) is 9.73. The smallest absolute Gasteiger partial charge is 0.406 e. The molecule has 4 rings (SSSR count). The van der Waals surface area contributed by atoms with Crippen molar-refractivity contribution in [2.24, 2.45) is 5.92 Å². The number of anilines is 1. The highest BCUT2D eigenvalue weighted by molar-refractivity contribution is 7.17. The number of alkyl halides is 3. The van der Waals surface area contributed by atoms with Crippen LogP contribution in [0.2, 0.25) is 0 Å². The van der Waals surface area contributed by atoms with Crippen LogP contribution in [-0.4, -0.2) is 37.3 Å². The standard InChI is InChI=1S/C29H31F4N3O3S/c30-21-8-6-20(7-9-21)25-14-15-26(40-25)28(38)36-24(18-19-4-2-1-3-5-19)27(37)35-17-16-34-22-10-12-23(13-11-22)39-29(31,32)33/h6-15,19,24,34H,1-5,16-18H2,(H,35,37)(H,36,38)/t24-/m0/s1. The van der Waals surface area contributed by atoms with E-state index in [2.05, 4.69) is 20.7 Å². The Morgan fingerprint density at radius 2 is 1.62 bits per heavy atom. The monoisotopic (exact) mass is 577 g/mol. The lowest BCUT2D eigenvalue weighted by Gasteiger charge is -2.26. The van der Waals surface area contributed by atoms with Crippen molar-refractivity contribution in [3.63, 3.8) is 0 Å². The second-order valence-corrected chi connectivity index (χ2v) is 10.8. The number of halogens is 4. The van der Waals surface area contributed by atoms with E-state index in [9.17, 15) is 27.2 Å². The number of ether oxygens (including phenoxy) is 1. The van der Waals surface area contributed by atoms with Crippen molar-refractivity contribution in [1.82, 2.24) is 10.6 Å². The summed E-state index contributed by atoms with van der Waals surface area (Å²) in [6.45, 7) is 0.589. The Morgan fingerprint density at radius 3 is 2.30 bits per heavy atom. The summed E-state index contributed by atoms with van der Waals surface area (Å²) >= 11 is 1.28. The molecule has 0 spiro atoms. The Morgan fingerprint density at radius 1 is 0.925 bits per heavy atom. The number of rotatable bonds is 11. The third kappa shape index (κ3) is 8.97. The van der Waals surface area contributed by atoms with Gasteiger partial charge in [-0.3, -0.25) is 9.59 Å². The van der Waals surface area contributed by atoms with E-state index in [4.69, 9.17) is 0 Å². The van der Waals surface area contributed by atoms with E-state index in [-0.39, 0.29) is 29.9 Å². The summed E-state index contributed by atoms with van der Waals surface area (Å²) in [5, 5.41) is 8.81. The summed E-state index contributed by atoms with van der Waals surface area (Å²) in [4.78, 5) is 27.5. The molecule has 0 unspecified atom stereocenters. The number of benzene rings is 2. The molecule has 3 N–H and O–H groups in total. The zero-order chi connectivity index (χ0) is 28.5. The predicted molar refractivity (Wildman–Crippen MR) is 147 cm³/mol. The minimum atomic E-state index is -4.75. The molecule has 0 bridgehead atoms. The molecule has 1 aromatic heterocycles. The van der Waals surface area contributed by atoms with Crippen molar-refractivity contribution in [2.45, 2.75) is 50.9 Å². The highest BCUT2D eigenvalue weighted by Crippen LogP contribution is 2.30. The van der Waals surface area contributed by atoms with Gasteiger partial charge in [-0.25, -0.2) is 4.39 Å². The minimum absolute atomic E-state index is 0.254. The van der Waals surface area contributed by atoms with Crippen molar-refractivity contribution in [2.75, 3.05) is 18.4 Å². The van der Waals surface area contributed by atoms with Gasteiger partial charge in [0.05, 0.1) is 4.88 Å². The molecular formula is C29H31F4N3O3S. The van der Waals surface area contributed by atoms with Gasteiger partial charge in [0, 0.05) is 23.7 Å². The van der Waals surface area contributed by atoms with Crippen molar-refractivity contribution in [3.05, 3.63) is 71.4 Å². The number of hydrogen-bond acceptors (Lipinski definition) is 5. The normalized spacial score (nSPS) is 14.8. The largest absolute Gasteiger partial charge is 0.573 e. The van der Waals surface area contributed by atoms with Gasteiger partial charge in [0.2, 0.25) is 5.91 Å². The topological polar surface area (TPSA) is 79.5 Å². The van der Waals surface area contributed by atoms with Crippen molar-refractivity contribution in [3.8, 4) is 16.2 Å². The van der Waals surface area contributed by atoms with Gasteiger partial charge in [-0.05, 0) is 66.4 Å². The third-order valence-electron chi connectivity index (χ3n) is 6.72. The molecule has 0 aliphatic heterocycles. The molecule has 11 heteroatoms. The van der Waals surface area contributed by atoms with Gasteiger partial charge in [-0.15, -0.1) is 24.5 Å². The van der Waals surface area contributed by atoms with Crippen molar-refractivity contribution >= 4 is 28.8 Å². The van der Waals surface area contributed by atoms with Crippen molar-refractivity contribution < 1.29 is 31.9 Å². The summed E-state index contributed by atoms with van der Waals surface area (Å²) in [6, 6.07) is 14.2. The maximum atomic E-state index is 13.3. The van der Waals surface area contributed by atoms with E-state index in [1.807, 2.05) is 0 Å². The van der Waals surface area contributed by atoms with Crippen LogP contribution in [0.1, 0.15) is 48.2 Å². The second kappa shape index (κ2) is 13.6. The number of carbonyl (C=O) groups excluding carboxylic acids is 2. The highest BCUT2D eigenvalue weighted by atomic mass is 32.1. The van der Waals surface area contributed by atoms with Gasteiger partial charge < -0.3 is 20.7 Å². The molecule has 2 amide bonds. The van der Waals surface area contributed by atoms with Crippen LogP contribution in [0.4, 0.5) is 23.2 Å². The SMILES string of the molecule is O=C(N[C@@H](CC1CCCCC1)C(=O)NCCNc1ccc(OC(F)(F)F)cc1)c1ccc(-c2ccc(F)cc2)s1. The van der Waals surface area contributed by atoms with Gasteiger partial charge in [-0.2, -0.15) is 0 Å². The first-order chi connectivity index (χ1) is 19.2. The fourth-order valence-corrected chi connectivity index (χ4v) is 5.65. The molecular weight excluding hydrogens is 546 g/mol. The summed E-state index contributed by atoms with van der Waals surface area (Å²) in [7, 11) is 0. The fraction of sp³-hybridized carbons (Fsp3) is 0.379. The molecule has 1 fully saturated rings. The molecule has 0 radical (unpaired) electrons. The van der Waals surface area contributed by atoms with Gasteiger partial charge in [-0.1, -0.05) is 44.2 Å². The molecule has 2 aromatic carbocycles. The quantitative estimate of drug-likeness (QED) is 0.174. The van der Waals surface area contributed by atoms with E-state index >= 15 is 0 Å². The fourth-order valence-electron chi connectivity index (χ4n) is 4.74. The zero-order valence-electron chi connectivity index (χ0n) is 21.7. The summed E-state index contributed by atoms with van der Waals surface area (Å²) < 4.78 is 54.1. The molecule has 1 heterocycles. The average molecular weight is 578 g/mol. The van der Waals surface area contributed by atoms with Crippen LogP contribution < -0.4 is 20.7 Å². The number of thiophene rings is 1. The lowest BCUT2D eigenvalue weighted by molar-refractivity contribution is -0.274. The first-order valence-electron chi connectivity index (χ1n) is 13.2. The molecule has 40 heavy (non-hydrogen) atoms. The van der Waals surface area contributed by atoms with Crippen molar-refractivity contribution in [1.29, 1.82) is 0 Å². The molecule has 1 saturated carbocycles. The van der Waals surface area contributed by atoms with Gasteiger partial charge >= 0.3 is 6.36 Å². The maximum Gasteiger partial charge on any atom is 0.573 e. The Hall–Kier alpha value is -3.60.